The van der Waals surface area contributed by atoms with Crippen LogP contribution in [0.5, 0.6) is 5.75 Å². The molecule has 0 heterocycles. The molecule has 0 saturated carbocycles. The zero-order valence-electron chi connectivity index (χ0n) is 14.5. The van der Waals surface area contributed by atoms with Gasteiger partial charge in [-0.2, -0.15) is 0 Å². The number of benzene rings is 3. The molecule has 27 heavy (non-hydrogen) atoms. The summed E-state index contributed by atoms with van der Waals surface area (Å²) in [7, 11) is 0. The van der Waals surface area contributed by atoms with Crippen molar-refractivity contribution in [3.63, 3.8) is 0 Å². The predicted octanol–water partition coefficient (Wildman–Crippen LogP) is 7.50. The first-order chi connectivity index (χ1) is 12.9. The van der Waals surface area contributed by atoms with Crippen molar-refractivity contribution in [1.82, 2.24) is 0 Å². The van der Waals surface area contributed by atoms with Crippen LogP contribution in [0.15, 0.2) is 63.5 Å². The number of nitrogens with one attached hydrogen (secondary N) is 1. The first-order valence-electron chi connectivity index (χ1n) is 8.27. The van der Waals surface area contributed by atoms with Gasteiger partial charge in [0.25, 0.3) is 0 Å². The van der Waals surface area contributed by atoms with Gasteiger partial charge in [0.1, 0.15) is 18.2 Å². The van der Waals surface area contributed by atoms with E-state index in [1.54, 1.807) is 12.1 Å². The summed E-state index contributed by atoms with van der Waals surface area (Å²) in [5.41, 5.74) is 3.85. The normalized spacial score (nSPS) is 10.7. The summed E-state index contributed by atoms with van der Waals surface area (Å²) in [6.07, 6.45) is 0. The molecule has 0 unspecified atom stereocenters. The molecule has 0 spiro atoms. The maximum Gasteiger partial charge on any atom is 0.139 e. The van der Waals surface area contributed by atoms with Gasteiger partial charge in [-0.15, -0.1) is 0 Å². The molecule has 1 N–H and O–H groups in total. The van der Waals surface area contributed by atoms with Crippen LogP contribution >= 0.6 is 43.5 Å². The third kappa shape index (κ3) is 5.47. The number of hydrogen-bond acceptors (Lipinski definition) is 2. The molecule has 3 aromatic carbocycles. The largest absolute Gasteiger partial charge is 0.487 e. The molecule has 0 aliphatic carbocycles. The van der Waals surface area contributed by atoms with Gasteiger partial charge in [0.15, 0.2) is 0 Å². The van der Waals surface area contributed by atoms with Gasteiger partial charge in [-0.05, 0) is 70.4 Å². The standard InChI is InChI=1S/C21H17Br2ClFNO/c1-13-2-7-18(10-20(13)24)26-11-15-8-16(22)9-19(23)21(15)27-12-14-3-5-17(25)6-4-14/h2-10,26H,11-12H2,1H3. The van der Waals surface area contributed by atoms with E-state index in [2.05, 4.69) is 37.2 Å². The highest BCUT2D eigenvalue weighted by molar-refractivity contribution is 9.11. The molecule has 6 heteroatoms. The first kappa shape index (κ1) is 20.2. The van der Waals surface area contributed by atoms with E-state index in [-0.39, 0.29) is 5.82 Å². The lowest BCUT2D eigenvalue weighted by Gasteiger charge is -2.16. The van der Waals surface area contributed by atoms with Crippen LogP contribution in [0.4, 0.5) is 10.1 Å². The van der Waals surface area contributed by atoms with Crippen LogP contribution < -0.4 is 10.1 Å². The second kappa shape index (κ2) is 9.09. The molecule has 0 fully saturated rings. The van der Waals surface area contributed by atoms with E-state index in [1.807, 2.05) is 37.3 Å². The van der Waals surface area contributed by atoms with Gasteiger partial charge in [-0.25, -0.2) is 4.39 Å². The van der Waals surface area contributed by atoms with Crippen molar-refractivity contribution >= 4 is 49.1 Å². The Hall–Kier alpha value is -1.56. The summed E-state index contributed by atoms with van der Waals surface area (Å²) in [4.78, 5) is 0. The Morgan fingerprint density at radius 3 is 2.48 bits per heavy atom. The van der Waals surface area contributed by atoms with Crippen molar-refractivity contribution < 1.29 is 9.13 Å². The molecule has 0 aromatic heterocycles. The molecular formula is C21H17Br2ClFNO. The summed E-state index contributed by atoms with van der Waals surface area (Å²) in [6.45, 7) is 2.89. The van der Waals surface area contributed by atoms with Gasteiger partial charge in [0.2, 0.25) is 0 Å². The fourth-order valence-electron chi connectivity index (χ4n) is 2.54. The molecule has 3 aromatic rings. The van der Waals surface area contributed by atoms with Crippen molar-refractivity contribution in [2.24, 2.45) is 0 Å². The third-order valence-corrected chi connectivity index (χ3v) is 5.49. The second-order valence-electron chi connectivity index (χ2n) is 6.11. The molecule has 2 nitrogen and oxygen atoms in total. The first-order valence-corrected chi connectivity index (χ1v) is 10.2. The summed E-state index contributed by atoms with van der Waals surface area (Å²) < 4.78 is 20.9. The van der Waals surface area contributed by atoms with Crippen LogP contribution in [0.3, 0.4) is 0 Å². The zero-order valence-corrected chi connectivity index (χ0v) is 18.5. The number of ether oxygens (including phenoxy) is 1. The Kier molecular flexibility index (Phi) is 6.79. The molecule has 0 radical (unpaired) electrons. The Bertz CT molecular complexity index is 948. The summed E-state index contributed by atoms with van der Waals surface area (Å²) in [5.74, 6) is 0.485. The Labute approximate surface area is 180 Å². The van der Waals surface area contributed by atoms with Crippen LogP contribution in [-0.2, 0) is 13.2 Å². The van der Waals surface area contributed by atoms with Gasteiger partial charge in [0.05, 0.1) is 4.47 Å². The van der Waals surface area contributed by atoms with Crippen molar-refractivity contribution in [3.05, 3.63) is 91.1 Å². The molecule has 140 valence electrons. The average Bonchev–Trinajstić information content (AvgIpc) is 2.63. The van der Waals surface area contributed by atoms with Gasteiger partial charge < -0.3 is 10.1 Å². The molecule has 0 amide bonds. The topological polar surface area (TPSA) is 21.3 Å². The fourth-order valence-corrected chi connectivity index (χ4v) is 4.15. The lowest BCUT2D eigenvalue weighted by atomic mass is 10.1. The van der Waals surface area contributed by atoms with Crippen LogP contribution in [-0.4, -0.2) is 0 Å². The molecule has 0 atom stereocenters. The zero-order chi connectivity index (χ0) is 19.4. The molecule has 0 aliphatic rings. The van der Waals surface area contributed by atoms with Gasteiger partial charge in [-0.1, -0.05) is 45.7 Å². The van der Waals surface area contributed by atoms with Gasteiger partial charge in [-0.3, -0.25) is 0 Å². The Morgan fingerprint density at radius 2 is 1.78 bits per heavy atom. The Balaban J connectivity index is 1.77. The summed E-state index contributed by atoms with van der Waals surface area (Å²) >= 11 is 13.3. The third-order valence-electron chi connectivity index (χ3n) is 4.04. The van der Waals surface area contributed by atoms with Gasteiger partial charge in [0, 0.05) is 27.3 Å². The Morgan fingerprint density at radius 1 is 1.04 bits per heavy atom. The lowest BCUT2D eigenvalue weighted by molar-refractivity contribution is 0.301. The lowest BCUT2D eigenvalue weighted by Crippen LogP contribution is -2.05. The number of rotatable bonds is 6. The number of halogens is 4. The van der Waals surface area contributed by atoms with Crippen molar-refractivity contribution in [2.75, 3.05) is 5.32 Å². The van der Waals surface area contributed by atoms with E-state index in [0.29, 0.717) is 13.2 Å². The van der Waals surface area contributed by atoms with E-state index in [0.717, 1.165) is 42.1 Å². The van der Waals surface area contributed by atoms with Crippen molar-refractivity contribution in [3.8, 4) is 5.75 Å². The maximum absolute atomic E-state index is 13.1. The number of anilines is 1. The molecular weight excluding hydrogens is 496 g/mol. The maximum atomic E-state index is 13.1. The highest BCUT2D eigenvalue weighted by Crippen LogP contribution is 2.34. The molecule has 0 bridgehead atoms. The number of hydrogen-bond donors (Lipinski definition) is 1. The predicted molar refractivity (Wildman–Crippen MR) is 116 cm³/mol. The minimum absolute atomic E-state index is 0.259. The van der Waals surface area contributed by atoms with Crippen LogP contribution in [0.2, 0.25) is 5.02 Å². The molecule has 3 rings (SSSR count). The second-order valence-corrected chi connectivity index (χ2v) is 8.29. The quantitative estimate of drug-likeness (QED) is 0.368. The van der Waals surface area contributed by atoms with E-state index >= 15 is 0 Å². The van der Waals surface area contributed by atoms with Gasteiger partial charge >= 0.3 is 0 Å². The minimum Gasteiger partial charge on any atom is -0.487 e. The fraction of sp³-hybridized carbons (Fsp3) is 0.143. The summed E-state index contributed by atoms with van der Waals surface area (Å²) in [5, 5.41) is 4.10. The van der Waals surface area contributed by atoms with E-state index in [9.17, 15) is 4.39 Å². The smallest absolute Gasteiger partial charge is 0.139 e. The summed E-state index contributed by atoms with van der Waals surface area (Å²) in [6, 6.07) is 16.1. The average molecular weight is 514 g/mol. The van der Waals surface area contributed by atoms with Crippen LogP contribution in [0.25, 0.3) is 0 Å². The highest BCUT2D eigenvalue weighted by Gasteiger charge is 2.11. The molecule has 0 saturated heterocycles. The highest BCUT2D eigenvalue weighted by atomic mass is 79.9. The monoisotopic (exact) mass is 511 g/mol. The van der Waals surface area contributed by atoms with E-state index in [4.69, 9.17) is 16.3 Å². The SMILES string of the molecule is Cc1ccc(NCc2cc(Br)cc(Br)c2OCc2ccc(F)cc2)cc1Cl. The van der Waals surface area contributed by atoms with Crippen LogP contribution in [0, 0.1) is 12.7 Å². The van der Waals surface area contributed by atoms with E-state index < -0.39 is 0 Å². The van der Waals surface area contributed by atoms with Crippen molar-refractivity contribution in [1.29, 1.82) is 0 Å². The van der Waals surface area contributed by atoms with Crippen molar-refractivity contribution in [2.45, 2.75) is 20.1 Å². The minimum atomic E-state index is -0.259. The van der Waals surface area contributed by atoms with Crippen LogP contribution in [0.1, 0.15) is 16.7 Å². The van der Waals surface area contributed by atoms with E-state index in [1.165, 1.54) is 12.1 Å². The number of aryl methyl sites for hydroxylation is 1. The molecule has 0 aliphatic heterocycles.